The number of amides is 1. The normalized spacial score (nSPS) is 14.1. The molecule has 6 nitrogen and oxygen atoms in total. The van der Waals surface area contributed by atoms with Gasteiger partial charge in [0.25, 0.3) is 5.56 Å². The van der Waals surface area contributed by atoms with Crippen LogP contribution >= 0.6 is 0 Å². The van der Waals surface area contributed by atoms with Crippen molar-refractivity contribution in [3.63, 3.8) is 0 Å². The number of rotatable bonds is 4. The Balaban J connectivity index is 1.78. The van der Waals surface area contributed by atoms with Crippen LogP contribution in [0.2, 0.25) is 0 Å². The van der Waals surface area contributed by atoms with Gasteiger partial charge in [-0.1, -0.05) is 6.07 Å². The maximum absolute atomic E-state index is 13.7. The minimum Gasteiger partial charge on any atom is -0.343 e. The van der Waals surface area contributed by atoms with Crippen molar-refractivity contribution in [2.45, 2.75) is 39.5 Å². The van der Waals surface area contributed by atoms with Crippen LogP contribution in [0.15, 0.2) is 29.1 Å². The van der Waals surface area contributed by atoms with Crippen molar-refractivity contribution in [1.82, 2.24) is 19.2 Å². The van der Waals surface area contributed by atoms with Gasteiger partial charge >= 0.3 is 0 Å². The molecule has 7 heteroatoms. The smallest absolute Gasteiger partial charge is 0.255 e. The van der Waals surface area contributed by atoms with E-state index in [1.165, 1.54) is 12.1 Å². The fourth-order valence-electron chi connectivity index (χ4n) is 4.31. The van der Waals surface area contributed by atoms with E-state index >= 15 is 0 Å². The second-order valence-corrected chi connectivity index (χ2v) is 7.73. The summed E-state index contributed by atoms with van der Waals surface area (Å²) in [7, 11) is 1.70. The van der Waals surface area contributed by atoms with Crippen LogP contribution in [-0.2, 0) is 18.3 Å². The predicted molar refractivity (Wildman–Crippen MR) is 110 cm³/mol. The second-order valence-electron chi connectivity index (χ2n) is 7.73. The van der Waals surface area contributed by atoms with Gasteiger partial charge in [-0.25, -0.2) is 9.07 Å². The molecule has 1 aliphatic rings. The summed E-state index contributed by atoms with van der Waals surface area (Å²) in [6, 6.07) is 6.16. The van der Waals surface area contributed by atoms with Crippen molar-refractivity contribution < 1.29 is 9.18 Å². The minimum absolute atomic E-state index is 0.108. The molecule has 0 saturated carbocycles. The molecular weight excluding hydrogens is 371 g/mol. The molecule has 1 saturated heterocycles. The highest BCUT2D eigenvalue weighted by molar-refractivity contribution is 5.85. The predicted octanol–water partition coefficient (Wildman–Crippen LogP) is 3.04. The molecule has 1 fully saturated rings. The summed E-state index contributed by atoms with van der Waals surface area (Å²) in [5.74, 6) is -0.251. The molecule has 29 heavy (non-hydrogen) atoms. The average Bonchev–Trinajstić information content (AvgIpc) is 3.34. The lowest BCUT2D eigenvalue weighted by Crippen LogP contribution is -2.29. The third-order valence-electron chi connectivity index (χ3n) is 5.84. The zero-order valence-corrected chi connectivity index (χ0v) is 17.0. The van der Waals surface area contributed by atoms with Crippen molar-refractivity contribution in [2.75, 3.05) is 13.1 Å². The van der Waals surface area contributed by atoms with Crippen molar-refractivity contribution in [2.24, 2.45) is 7.05 Å². The van der Waals surface area contributed by atoms with Crippen LogP contribution in [0.25, 0.3) is 16.7 Å². The summed E-state index contributed by atoms with van der Waals surface area (Å²) in [5, 5.41) is 5.45. The number of likely N-dealkylation sites (tertiary alicyclic amines) is 1. The topological polar surface area (TPSA) is 60.1 Å². The van der Waals surface area contributed by atoms with Gasteiger partial charge in [0.05, 0.1) is 11.4 Å². The van der Waals surface area contributed by atoms with Crippen LogP contribution < -0.4 is 5.56 Å². The summed E-state index contributed by atoms with van der Waals surface area (Å²) in [4.78, 5) is 27.4. The van der Waals surface area contributed by atoms with Crippen LogP contribution in [0.1, 0.15) is 36.1 Å². The molecule has 0 unspecified atom stereocenters. The first-order valence-corrected chi connectivity index (χ1v) is 10.00. The largest absolute Gasteiger partial charge is 0.343 e. The average molecular weight is 396 g/mol. The number of aromatic nitrogens is 3. The van der Waals surface area contributed by atoms with E-state index < -0.39 is 0 Å². The highest BCUT2D eigenvalue weighted by Crippen LogP contribution is 2.26. The Labute approximate surface area is 168 Å². The Kier molecular flexibility index (Phi) is 4.98. The SMILES string of the molecule is Cc1nn(-c2cccc(F)c2)c2c1c(C)c(CCC(=O)N1CCCC1)c(=O)n2C. The van der Waals surface area contributed by atoms with E-state index in [-0.39, 0.29) is 17.3 Å². The number of pyridine rings is 1. The Morgan fingerprint density at radius 1 is 1.21 bits per heavy atom. The third kappa shape index (κ3) is 3.34. The summed E-state index contributed by atoms with van der Waals surface area (Å²) < 4.78 is 16.9. The number of nitrogens with zero attached hydrogens (tertiary/aromatic N) is 4. The van der Waals surface area contributed by atoms with Crippen LogP contribution in [0, 0.1) is 19.7 Å². The quantitative estimate of drug-likeness (QED) is 0.681. The Hall–Kier alpha value is -2.96. The Bertz CT molecular complexity index is 1160. The van der Waals surface area contributed by atoms with Gasteiger partial charge in [0, 0.05) is 37.5 Å². The lowest BCUT2D eigenvalue weighted by molar-refractivity contribution is -0.130. The fraction of sp³-hybridized carbons (Fsp3) is 0.409. The first-order valence-electron chi connectivity index (χ1n) is 10.00. The maximum atomic E-state index is 13.7. The van der Waals surface area contributed by atoms with Gasteiger partial charge < -0.3 is 4.90 Å². The number of benzene rings is 1. The number of hydrogen-bond acceptors (Lipinski definition) is 3. The van der Waals surface area contributed by atoms with Crippen LogP contribution in [0.5, 0.6) is 0 Å². The number of halogens is 1. The number of fused-ring (bicyclic) bond motifs is 1. The van der Waals surface area contributed by atoms with Gasteiger partial charge in [0.2, 0.25) is 5.91 Å². The molecule has 1 aliphatic heterocycles. The van der Waals surface area contributed by atoms with Gasteiger partial charge in [-0.2, -0.15) is 5.10 Å². The van der Waals surface area contributed by atoms with Crippen LogP contribution in [0.3, 0.4) is 0 Å². The number of aryl methyl sites for hydroxylation is 3. The van der Waals surface area contributed by atoms with Crippen molar-refractivity contribution in [1.29, 1.82) is 0 Å². The monoisotopic (exact) mass is 396 g/mol. The van der Waals surface area contributed by atoms with E-state index in [9.17, 15) is 14.0 Å². The first kappa shape index (κ1) is 19.4. The van der Waals surface area contributed by atoms with Crippen molar-refractivity contribution >= 4 is 16.9 Å². The molecule has 3 aromatic rings. The highest BCUT2D eigenvalue weighted by Gasteiger charge is 2.22. The zero-order valence-electron chi connectivity index (χ0n) is 17.0. The van der Waals surface area contributed by atoms with E-state index in [0.717, 1.165) is 42.6 Å². The standard InChI is InChI=1S/C22H25FN4O2/c1-14-18(9-10-19(28)26-11-4-5-12-26)22(29)25(3)21-20(14)15(2)24-27(21)17-8-6-7-16(23)13-17/h6-8,13H,4-5,9-12H2,1-3H3. The Morgan fingerprint density at radius 3 is 2.62 bits per heavy atom. The molecule has 0 aliphatic carbocycles. The summed E-state index contributed by atoms with van der Waals surface area (Å²) in [5.41, 5.74) is 3.32. The van der Waals surface area contributed by atoms with Crippen LogP contribution in [0.4, 0.5) is 4.39 Å². The molecule has 0 N–H and O–H groups in total. The molecule has 1 aromatic carbocycles. The molecular formula is C22H25FN4O2. The van der Waals surface area contributed by atoms with Gasteiger partial charge in [-0.05, 0) is 56.9 Å². The molecule has 152 valence electrons. The molecule has 0 radical (unpaired) electrons. The zero-order chi connectivity index (χ0) is 20.7. The minimum atomic E-state index is -0.359. The molecule has 0 bridgehead atoms. The molecule has 2 aromatic heterocycles. The van der Waals surface area contributed by atoms with Crippen LogP contribution in [-0.4, -0.2) is 38.2 Å². The van der Waals surface area contributed by atoms with E-state index in [2.05, 4.69) is 5.10 Å². The number of carbonyl (C=O) groups excluding carboxylic acids is 1. The van der Waals surface area contributed by atoms with E-state index in [1.807, 2.05) is 18.7 Å². The number of hydrogen-bond donors (Lipinski definition) is 0. The molecule has 1 amide bonds. The first-order chi connectivity index (χ1) is 13.9. The molecule has 3 heterocycles. The molecule has 4 rings (SSSR count). The van der Waals surface area contributed by atoms with Gasteiger partial charge in [-0.15, -0.1) is 0 Å². The third-order valence-corrected chi connectivity index (χ3v) is 5.84. The number of carbonyl (C=O) groups is 1. The van der Waals surface area contributed by atoms with E-state index in [4.69, 9.17) is 0 Å². The van der Waals surface area contributed by atoms with Crippen molar-refractivity contribution in [3.8, 4) is 5.69 Å². The summed E-state index contributed by atoms with van der Waals surface area (Å²) in [6.07, 6.45) is 2.85. The lowest BCUT2D eigenvalue weighted by atomic mass is 10.0. The second kappa shape index (κ2) is 7.46. The van der Waals surface area contributed by atoms with Crippen molar-refractivity contribution in [3.05, 3.63) is 57.3 Å². The summed E-state index contributed by atoms with van der Waals surface area (Å²) in [6.45, 7) is 5.42. The van der Waals surface area contributed by atoms with Gasteiger partial charge in [-0.3, -0.25) is 14.2 Å². The molecule has 0 spiro atoms. The van der Waals surface area contributed by atoms with Gasteiger partial charge in [0.1, 0.15) is 11.5 Å². The molecule has 0 atom stereocenters. The fourth-order valence-corrected chi connectivity index (χ4v) is 4.31. The van der Waals surface area contributed by atoms with Gasteiger partial charge in [0.15, 0.2) is 0 Å². The van der Waals surface area contributed by atoms with E-state index in [0.29, 0.717) is 29.7 Å². The summed E-state index contributed by atoms with van der Waals surface area (Å²) >= 11 is 0. The Morgan fingerprint density at radius 2 is 1.93 bits per heavy atom. The highest BCUT2D eigenvalue weighted by atomic mass is 19.1. The van der Waals surface area contributed by atoms with E-state index in [1.54, 1.807) is 28.4 Å². The lowest BCUT2D eigenvalue weighted by Gasteiger charge is -2.16. The maximum Gasteiger partial charge on any atom is 0.255 e.